The van der Waals surface area contributed by atoms with Gasteiger partial charge in [-0.3, -0.25) is 9.59 Å². The van der Waals surface area contributed by atoms with Gasteiger partial charge in [0.05, 0.1) is 0 Å². The first kappa shape index (κ1) is 23.8. The predicted molar refractivity (Wildman–Crippen MR) is 136 cm³/mol. The predicted octanol–water partition coefficient (Wildman–Crippen LogP) is 5.39. The minimum atomic E-state index is -0.537. The highest BCUT2D eigenvalue weighted by molar-refractivity contribution is 5.90. The lowest BCUT2D eigenvalue weighted by molar-refractivity contribution is -0.143. The van der Waals surface area contributed by atoms with Crippen LogP contribution in [0, 0.1) is 6.92 Å². The third kappa shape index (κ3) is 5.77. The second-order valence-corrected chi connectivity index (χ2v) is 9.19. The zero-order valence-electron chi connectivity index (χ0n) is 20.1. The van der Waals surface area contributed by atoms with Crippen LogP contribution in [-0.4, -0.2) is 35.4 Å². The van der Waals surface area contributed by atoms with Gasteiger partial charge in [-0.15, -0.1) is 0 Å². The number of hydrogen-bond acceptors (Lipinski definition) is 3. The summed E-state index contributed by atoms with van der Waals surface area (Å²) in [5, 5.41) is 5.21. The van der Waals surface area contributed by atoms with Gasteiger partial charge in [0, 0.05) is 18.0 Å². The van der Waals surface area contributed by atoms with Crippen molar-refractivity contribution >= 4 is 22.6 Å². The average Bonchev–Trinajstić information content (AvgIpc) is 3.36. The van der Waals surface area contributed by atoms with Gasteiger partial charge in [0.2, 0.25) is 5.91 Å². The largest absolute Gasteiger partial charge is 0.483 e. The maximum atomic E-state index is 13.5. The van der Waals surface area contributed by atoms with E-state index < -0.39 is 6.04 Å². The van der Waals surface area contributed by atoms with Gasteiger partial charge in [0.15, 0.2) is 6.61 Å². The minimum Gasteiger partial charge on any atom is -0.483 e. The van der Waals surface area contributed by atoms with Crippen LogP contribution in [0.1, 0.15) is 50.2 Å². The highest BCUT2D eigenvalue weighted by atomic mass is 16.5. The van der Waals surface area contributed by atoms with E-state index in [1.807, 2.05) is 80.6 Å². The molecule has 0 saturated heterocycles. The van der Waals surface area contributed by atoms with Crippen molar-refractivity contribution in [2.75, 3.05) is 6.61 Å². The van der Waals surface area contributed by atoms with E-state index in [-0.39, 0.29) is 24.5 Å². The first-order valence-corrected chi connectivity index (χ1v) is 12.3. The molecule has 0 bridgehead atoms. The summed E-state index contributed by atoms with van der Waals surface area (Å²) in [4.78, 5) is 28.4. The third-order valence-electron chi connectivity index (χ3n) is 6.66. The summed E-state index contributed by atoms with van der Waals surface area (Å²) in [6.45, 7) is 4.25. The van der Waals surface area contributed by atoms with Gasteiger partial charge < -0.3 is 15.0 Å². The molecule has 1 fully saturated rings. The maximum Gasteiger partial charge on any atom is 0.261 e. The van der Waals surface area contributed by atoms with Gasteiger partial charge in [-0.1, -0.05) is 86.0 Å². The van der Waals surface area contributed by atoms with Crippen LogP contribution in [0.5, 0.6) is 5.75 Å². The first-order valence-electron chi connectivity index (χ1n) is 12.3. The van der Waals surface area contributed by atoms with E-state index in [0.29, 0.717) is 18.7 Å². The Labute approximate surface area is 202 Å². The van der Waals surface area contributed by atoms with Gasteiger partial charge in [-0.05, 0) is 43.2 Å². The Morgan fingerprint density at radius 1 is 1.00 bits per heavy atom. The molecule has 1 unspecified atom stereocenters. The highest BCUT2D eigenvalue weighted by Crippen LogP contribution is 2.25. The molecule has 0 aliphatic heterocycles. The van der Waals surface area contributed by atoms with Crippen LogP contribution in [0.2, 0.25) is 0 Å². The van der Waals surface area contributed by atoms with E-state index in [2.05, 4.69) is 5.32 Å². The number of carbonyl (C=O) groups excluding carboxylic acids is 2. The molecule has 5 heteroatoms. The Morgan fingerprint density at radius 2 is 1.71 bits per heavy atom. The van der Waals surface area contributed by atoms with E-state index in [4.69, 9.17) is 4.74 Å². The molecule has 5 nitrogen and oxygen atoms in total. The molecule has 1 N–H and O–H groups in total. The van der Waals surface area contributed by atoms with Crippen molar-refractivity contribution in [1.29, 1.82) is 0 Å². The van der Waals surface area contributed by atoms with Crippen LogP contribution >= 0.6 is 0 Å². The standard InChI is InChI=1S/C29H34N2O3/c1-3-26(29(33)30-24-11-5-6-12-24)31(19-22-17-15-21(2)16-18-22)28(32)20-34-27-14-8-10-23-9-4-7-13-25(23)27/h4,7-10,13-18,24,26H,3,5-6,11-12,19-20H2,1-2H3,(H,30,33). The number of fused-ring (bicyclic) bond motifs is 1. The second kappa shape index (κ2) is 11.2. The Bertz CT molecular complexity index is 1110. The number of rotatable bonds is 9. The SMILES string of the molecule is CCC(C(=O)NC1CCCC1)N(Cc1ccc(C)cc1)C(=O)COc1cccc2ccccc12. The topological polar surface area (TPSA) is 58.6 Å². The third-order valence-corrected chi connectivity index (χ3v) is 6.66. The van der Waals surface area contributed by atoms with Crippen molar-refractivity contribution in [2.45, 2.75) is 64.6 Å². The van der Waals surface area contributed by atoms with E-state index >= 15 is 0 Å². The lowest BCUT2D eigenvalue weighted by Gasteiger charge is -2.31. The van der Waals surface area contributed by atoms with Gasteiger partial charge >= 0.3 is 0 Å². The lowest BCUT2D eigenvalue weighted by atomic mass is 10.1. The minimum absolute atomic E-state index is 0.0694. The number of aryl methyl sites for hydroxylation is 1. The van der Waals surface area contributed by atoms with Gasteiger partial charge in [-0.2, -0.15) is 0 Å². The van der Waals surface area contributed by atoms with Crippen molar-refractivity contribution in [3.63, 3.8) is 0 Å². The number of hydrogen-bond donors (Lipinski definition) is 1. The number of carbonyl (C=O) groups is 2. The van der Waals surface area contributed by atoms with Crippen molar-refractivity contribution in [2.24, 2.45) is 0 Å². The molecule has 3 aromatic carbocycles. The Kier molecular flexibility index (Phi) is 7.84. The number of nitrogens with zero attached hydrogens (tertiary/aromatic N) is 1. The van der Waals surface area contributed by atoms with Crippen LogP contribution in [0.15, 0.2) is 66.7 Å². The zero-order chi connectivity index (χ0) is 23.9. The van der Waals surface area contributed by atoms with Crippen molar-refractivity contribution < 1.29 is 14.3 Å². The molecule has 1 atom stereocenters. The number of amides is 2. The normalized spacial score (nSPS) is 14.6. The van der Waals surface area contributed by atoms with Gasteiger partial charge in [0.1, 0.15) is 11.8 Å². The summed E-state index contributed by atoms with van der Waals surface area (Å²) in [6, 6.07) is 21.6. The summed E-state index contributed by atoms with van der Waals surface area (Å²) < 4.78 is 6.00. The summed E-state index contributed by atoms with van der Waals surface area (Å²) in [7, 11) is 0. The summed E-state index contributed by atoms with van der Waals surface area (Å²) in [5.41, 5.74) is 2.16. The number of benzene rings is 3. The maximum absolute atomic E-state index is 13.5. The number of nitrogens with one attached hydrogen (secondary N) is 1. The molecule has 0 radical (unpaired) electrons. The monoisotopic (exact) mass is 458 g/mol. The zero-order valence-corrected chi connectivity index (χ0v) is 20.1. The molecule has 2 amide bonds. The van der Waals surface area contributed by atoms with E-state index in [1.165, 1.54) is 0 Å². The lowest BCUT2D eigenvalue weighted by Crippen LogP contribution is -2.52. The first-order chi connectivity index (χ1) is 16.5. The Morgan fingerprint density at radius 3 is 2.44 bits per heavy atom. The number of ether oxygens (including phenoxy) is 1. The van der Waals surface area contributed by atoms with E-state index in [0.717, 1.165) is 47.6 Å². The second-order valence-electron chi connectivity index (χ2n) is 9.19. The molecule has 0 spiro atoms. The Balaban J connectivity index is 1.53. The van der Waals surface area contributed by atoms with Crippen molar-refractivity contribution in [1.82, 2.24) is 10.2 Å². The molecular formula is C29H34N2O3. The van der Waals surface area contributed by atoms with Crippen LogP contribution < -0.4 is 10.1 Å². The molecule has 1 aliphatic rings. The van der Waals surface area contributed by atoms with E-state index in [9.17, 15) is 9.59 Å². The van der Waals surface area contributed by atoms with Gasteiger partial charge in [-0.25, -0.2) is 0 Å². The van der Waals surface area contributed by atoms with Crippen LogP contribution in [-0.2, 0) is 16.1 Å². The van der Waals surface area contributed by atoms with Crippen LogP contribution in [0.4, 0.5) is 0 Å². The molecule has 0 aromatic heterocycles. The summed E-state index contributed by atoms with van der Waals surface area (Å²) in [5.74, 6) is 0.409. The molecule has 4 rings (SSSR count). The fourth-order valence-corrected chi connectivity index (χ4v) is 4.72. The molecular weight excluding hydrogens is 424 g/mol. The fraction of sp³-hybridized carbons (Fsp3) is 0.379. The van der Waals surface area contributed by atoms with E-state index in [1.54, 1.807) is 4.90 Å². The van der Waals surface area contributed by atoms with Crippen molar-refractivity contribution in [3.8, 4) is 5.75 Å². The molecule has 34 heavy (non-hydrogen) atoms. The molecule has 1 aliphatic carbocycles. The fourth-order valence-electron chi connectivity index (χ4n) is 4.72. The summed E-state index contributed by atoms with van der Waals surface area (Å²) in [6.07, 6.45) is 4.86. The molecule has 3 aromatic rings. The smallest absolute Gasteiger partial charge is 0.261 e. The van der Waals surface area contributed by atoms with Gasteiger partial charge in [0.25, 0.3) is 5.91 Å². The molecule has 178 valence electrons. The van der Waals surface area contributed by atoms with Crippen LogP contribution in [0.3, 0.4) is 0 Å². The molecule has 1 saturated carbocycles. The molecule has 0 heterocycles. The quantitative estimate of drug-likeness (QED) is 0.467. The average molecular weight is 459 g/mol. The van der Waals surface area contributed by atoms with Crippen molar-refractivity contribution in [3.05, 3.63) is 77.9 Å². The Hall–Kier alpha value is -3.34. The summed E-state index contributed by atoms with van der Waals surface area (Å²) >= 11 is 0. The highest BCUT2D eigenvalue weighted by Gasteiger charge is 2.30. The van der Waals surface area contributed by atoms with Crippen LogP contribution in [0.25, 0.3) is 10.8 Å².